The number of nitrogens with two attached hydrogens (primary N) is 1. The maximum atomic E-state index is 13.0. The van der Waals surface area contributed by atoms with E-state index < -0.39 is 17.6 Å². The van der Waals surface area contributed by atoms with E-state index in [4.69, 9.17) is 5.73 Å². The van der Waals surface area contributed by atoms with Gasteiger partial charge in [0.2, 0.25) is 11.8 Å². The van der Waals surface area contributed by atoms with Crippen LogP contribution in [0, 0.1) is 0 Å². The molecule has 0 spiro atoms. The summed E-state index contributed by atoms with van der Waals surface area (Å²) < 4.78 is 40.9. The molecule has 1 unspecified atom stereocenters. The number of amides is 2. The molecule has 32 heavy (non-hydrogen) atoms. The highest BCUT2D eigenvalue weighted by Gasteiger charge is 2.30. The molecule has 170 valence electrons. The number of thiazole rings is 1. The molecule has 3 aromatic rings. The van der Waals surface area contributed by atoms with E-state index in [2.05, 4.69) is 15.4 Å². The van der Waals surface area contributed by atoms with Gasteiger partial charge in [-0.2, -0.15) is 18.3 Å². The number of primary amides is 1. The highest BCUT2D eigenvalue weighted by Crippen LogP contribution is 2.32. The molecule has 7 nitrogen and oxygen atoms in total. The second kappa shape index (κ2) is 9.74. The molecule has 1 atom stereocenters. The average molecular weight is 484 g/mol. The van der Waals surface area contributed by atoms with E-state index in [1.807, 2.05) is 6.92 Å². The summed E-state index contributed by atoms with van der Waals surface area (Å²) in [5, 5.41) is 8.24. The number of halogens is 3. The van der Waals surface area contributed by atoms with Crippen molar-refractivity contribution in [1.29, 1.82) is 0 Å². The molecule has 0 aliphatic carbocycles. The smallest absolute Gasteiger partial charge is 0.369 e. The summed E-state index contributed by atoms with van der Waals surface area (Å²) in [6.45, 7) is 1.85. The minimum atomic E-state index is -4.46. The van der Waals surface area contributed by atoms with Gasteiger partial charge in [-0.05, 0) is 18.6 Å². The first-order valence-electron chi connectivity index (χ1n) is 9.48. The molecule has 0 radical (unpaired) electrons. The van der Waals surface area contributed by atoms with Gasteiger partial charge in [-0.25, -0.2) is 4.98 Å². The van der Waals surface area contributed by atoms with Crippen LogP contribution in [0.25, 0.3) is 11.3 Å². The number of alkyl halides is 3. The predicted octanol–water partition coefficient (Wildman–Crippen LogP) is 4.10. The summed E-state index contributed by atoms with van der Waals surface area (Å²) in [6.07, 6.45) is -3.89. The predicted molar refractivity (Wildman–Crippen MR) is 117 cm³/mol. The van der Waals surface area contributed by atoms with Crippen molar-refractivity contribution in [3.63, 3.8) is 0 Å². The van der Waals surface area contributed by atoms with Crippen molar-refractivity contribution in [2.45, 2.75) is 35.5 Å². The first-order valence-corrected chi connectivity index (χ1v) is 11.2. The lowest BCUT2D eigenvalue weighted by Crippen LogP contribution is -2.24. The van der Waals surface area contributed by atoms with Crippen LogP contribution in [-0.2, 0) is 29.2 Å². The zero-order chi connectivity index (χ0) is 23.5. The molecule has 12 heteroatoms. The maximum Gasteiger partial charge on any atom is 0.416 e. The van der Waals surface area contributed by atoms with Gasteiger partial charge in [0, 0.05) is 24.1 Å². The van der Waals surface area contributed by atoms with Crippen LogP contribution in [-0.4, -0.2) is 31.8 Å². The molecule has 3 N–H and O–H groups in total. The van der Waals surface area contributed by atoms with E-state index in [1.165, 1.54) is 46.0 Å². The Morgan fingerprint density at radius 1 is 1.31 bits per heavy atom. The molecule has 0 bridgehead atoms. The molecule has 1 aromatic carbocycles. The topological polar surface area (TPSA) is 103 Å². The van der Waals surface area contributed by atoms with Gasteiger partial charge in [-0.3, -0.25) is 14.3 Å². The van der Waals surface area contributed by atoms with Crippen molar-refractivity contribution in [2.24, 2.45) is 12.8 Å². The van der Waals surface area contributed by atoms with Crippen LogP contribution in [0.3, 0.4) is 0 Å². The fourth-order valence-corrected chi connectivity index (χ4v) is 4.77. The largest absolute Gasteiger partial charge is 0.416 e. The Morgan fingerprint density at radius 3 is 2.72 bits per heavy atom. The summed E-state index contributed by atoms with van der Waals surface area (Å²) in [5.74, 6) is -0.431. The number of hydrogen-bond donors (Lipinski definition) is 2. The standard InChI is InChI=1S/C20H20F3N5O2S2/c1-3-15(18(24)30)32-19-25-13(10-31-19)8-17(29)26-16-9-14(27-28(16)2)11-5-4-6-12(7-11)20(21,22)23/h4-7,9-10,15H,3,8H2,1-2H3,(H2,24,30)(H,26,29). The fraction of sp³-hybridized carbons (Fsp3) is 0.300. The molecule has 0 saturated heterocycles. The SMILES string of the molecule is CCC(Sc1nc(CC(=O)Nc2cc(-c3cccc(C(F)(F)F)c3)nn2C)cs1)C(N)=O. The number of benzene rings is 1. The van der Waals surface area contributed by atoms with Crippen molar-refractivity contribution in [3.05, 3.63) is 47.0 Å². The van der Waals surface area contributed by atoms with Crippen LogP contribution in [0.2, 0.25) is 0 Å². The zero-order valence-electron chi connectivity index (χ0n) is 17.1. The van der Waals surface area contributed by atoms with Crippen molar-refractivity contribution in [2.75, 3.05) is 5.32 Å². The fourth-order valence-electron chi connectivity index (χ4n) is 2.82. The van der Waals surface area contributed by atoms with Crippen LogP contribution >= 0.6 is 23.1 Å². The van der Waals surface area contributed by atoms with E-state index in [9.17, 15) is 22.8 Å². The van der Waals surface area contributed by atoms with Gasteiger partial charge in [0.15, 0.2) is 4.34 Å². The Balaban J connectivity index is 1.67. The van der Waals surface area contributed by atoms with Gasteiger partial charge in [0.05, 0.1) is 28.6 Å². The number of nitrogens with zero attached hydrogens (tertiary/aromatic N) is 3. The van der Waals surface area contributed by atoms with Crippen molar-refractivity contribution >= 4 is 40.7 Å². The molecule has 0 saturated carbocycles. The normalized spacial score (nSPS) is 12.5. The lowest BCUT2D eigenvalue weighted by molar-refractivity contribution is -0.137. The quantitative estimate of drug-likeness (QED) is 0.470. The van der Waals surface area contributed by atoms with Crippen LogP contribution in [0.4, 0.5) is 19.0 Å². The number of aromatic nitrogens is 3. The number of nitrogens with one attached hydrogen (secondary N) is 1. The Morgan fingerprint density at radius 2 is 2.06 bits per heavy atom. The lowest BCUT2D eigenvalue weighted by Gasteiger charge is -2.07. The van der Waals surface area contributed by atoms with Crippen molar-refractivity contribution in [3.8, 4) is 11.3 Å². The lowest BCUT2D eigenvalue weighted by atomic mass is 10.1. The minimum Gasteiger partial charge on any atom is -0.369 e. The van der Waals surface area contributed by atoms with Crippen LogP contribution in [0.15, 0.2) is 40.1 Å². The number of aryl methyl sites for hydroxylation is 1. The summed E-state index contributed by atoms with van der Waals surface area (Å²) >= 11 is 2.58. The second-order valence-electron chi connectivity index (χ2n) is 6.86. The summed E-state index contributed by atoms with van der Waals surface area (Å²) in [6, 6.07) is 6.34. The Bertz CT molecular complexity index is 1130. The Labute approximate surface area is 190 Å². The van der Waals surface area contributed by atoms with Gasteiger partial charge in [-0.1, -0.05) is 30.8 Å². The molecular weight excluding hydrogens is 463 g/mol. The van der Waals surface area contributed by atoms with E-state index in [-0.39, 0.29) is 23.1 Å². The number of thioether (sulfide) groups is 1. The summed E-state index contributed by atoms with van der Waals surface area (Å²) in [4.78, 5) is 28.2. The van der Waals surface area contributed by atoms with Crippen molar-refractivity contribution in [1.82, 2.24) is 14.8 Å². The van der Waals surface area contributed by atoms with Gasteiger partial charge >= 0.3 is 6.18 Å². The zero-order valence-corrected chi connectivity index (χ0v) is 18.8. The number of rotatable bonds is 8. The first-order chi connectivity index (χ1) is 15.1. The third-order valence-corrected chi connectivity index (χ3v) is 6.84. The molecule has 2 aromatic heterocycles. The first kappa shape index (κ1) is 23.8. The average Bonchev–Trinajstić information content (AvgIpc) is 3.31. The Kier molecular flexibility index (Phi) is 7.24. The van der Waals surface area contributed by atoms with Gasteiger partial charge < -0.3 is 11.1 Å². The second-order valence-corrected chi connectivity index (χ2v) is 9.17. The van der Waals surface area contributed by atoms with Gasteiger partial charge in [-0.15, -0.1) is 11.3 Å². The summed E-state index contributed by atoms with van der Waals surface area (Å²) in [7, 11) is 1.58. The third kappa shape index (κ3) is 5.88. The molecule has 0 fully saturated rings. The third-order valence-electron chi connectivity index (χ3n) is 4.44. The monoisotopic (exact) mass is 483 g/mol. The molecule has 2 heterocycles. The molecule has 2 amide bonds. The van der Waals surface area contributed by atoms with Crippen molar-refractivity contribution < 1.29 is 22.8 Å². The highest BCUT2D eigenvalue weighted by atomic mass is 32.2. The van der Waals surface area contributed by atoms with E-state index in [0.717, 1.165) is 12.1 Å². The minimum absolute atomic E-state index is 0.00546. The summed E-state index contributed by atoms with van der Waals surface area (Å²) in [5.41, 5.74) is 5.70. The number of carbonyl (C=O) groups is 2. The molecule has 0 aliphatic heterocycles. The van der Waals surface area contributed by atoms with E-state index >= 15 is 0 Å². The maximum absolute atomic E-state index is 13.0. The molecule has 0 aliphatic rings. The van der Waals surface area contributed by atoms with E-state index in [1.54, 1.807) is 12.4 Å². The van der Waals surface area contributed by atoms with Crippen LogP contribution in [0.1, 0.15) is 24.6 Å². The number of carbonyl (C=O) groups excluding carboxylic acids is 2. The van der Waals surface area contributed by atoms with Crippen LogP contribution in [0.5, 0.6) is 0 Å². The van der Waals surface area contributed by atoms with E-state index in [0.29, 0.717) is 28.0 Å². The van der Waals surface area contributed by atoms with Gasteiger partial charge in [0.1, 0.15) is 5.82 Å². The van der Waals surface area contributed by atoms with Gasteiger partial charge in [0.25, 0.3) is 0 Å². The number of anilines is 1. The van der Waals surface area contributed by atoms with Crippen LogP contribution < -0.4 is 11.1 Å². The Hall–Kier alpha value is -2.86. The molecule has 3 rings (SSSR count). The number of hydrogen-bond acceptors (Lipinski definition) is 6. The highest BCUT2D eigenvalue weighted by molar-refractivity contribution is 8.02. The molecular formula is C20H20F3N5O2S2.